The molecule has 0 saturated carbocycles. The van der Waals surface area contributed by atoms with Crippen molar-refractivity contribution in [3.8, 4) is 0 Å². The molecular formula is C17H16ClN3O4. The number of hydrogen-bond acceptors (Lipinski definition) is 6. The van der Waals surface area contributed by atoms with Crippen molar-refractivity contribution in [3.63, 3.8) is 0 Å². The van der Waals surface area contributed by atoms with Crippen molar-refractivity contribution in [2.75, 3.05) is 20.3 Å². The Morgan fingerprint density at radius 3 is 2.96 bits per heavy atom. The second-order valence-corrected chi connectivity index (χ2v) is 6.35. The van der Waals surface area contributed by atoms with E-state index >= 15 is 0 Å². The molecule has 1 aliphatic rings. The van der Waals surface area contributed by atoms with E-state index < -0.39 is 5.60 Å². The molecule has 1 atom stereocenters. The van der Waals surface area contributed by atoms with Crippen molar-refractivity contribution < 1.29 is 13.9 Å². The van der Waals surface area contributed by atoms with Crippen LogP contribution in [0.5, 0.6) is 0 Å². The standard InChI is InChI=1S/C17H16ClN3O4/c1-23-17(6-7-24-10-17)16-20-19-14(25-16)9-21-13-5-3-2-4-11(13)8-12(18)15(21)22/h2-5,8H,6-7,9-10H2,1H3. The van der Waals surface area contributed by atoms with Crippen LogP contribution in [0.1, 0.15) is 18.2 Å². The van der Waals surface area contributed by atoms with Gasteiger partial charge in [-0.15, -0.1) is 10.2 Å². The van der Waals surface area contributed by atoms with Crippen LogP contribution in [0, 0.1) is 0 Å². The van der Waals surface area contributed by atoms with E-state index in [1.807, 2.05) is 24.3 Å². The van der Waals surface area contributed by atoms with E-state index in [0.29, 0.717) is 31.4 Å². The zero-order valence-corrected chi connectivity index (χ0v) is 14.3. The summed E-state index contributed by atoms with van der Waals surface area (Å²) in [7, 11) is 1.59. The van der Waals surface area contributed by atoms with Crippen molar-refractivity contribution in [3.05, 3.63) is 57.5 Å². The van der Waals surface area contributed by atoms with Gasteiger partial charge >= 0.3 is 0 Å². The summed E-state index contributed by atoms with van der Waals surface area (Å²) in [5.74, 6) is 0.676. The number of halogens is 1. The van der Waals surface area contributed by atoms with Gasteiger partial charge in [0.2, 0.25) is 5.89 Å². The van der Waals surface area contributed by atoms with Crippen molar-refractivity contribution >= 4 is 22.5 Å². The summed E-state index contributed by atoms with van der Waals surface area (Å²) < 4.78 is 18.3. The summed E-state index contributed by atoms with van der Waals surface area (Å²) >= 11 is 6.08. The van der Waals surface area contributed by atoms with Crippen LogP contribution in [0.4, 0.5) is 0 Å². The van der Waals surface area contributed by atoms with Gasteiger partial charge in [-0.05, 0) is 17.5 Å². The monoisotopic (exact) mass is 361 g/mol. The molecular weight excluding hydrogens is 346 g/mol. The van der Waals surface area contributed by atoms with Gasteiger partial charge in [0.25, 0.3) is 11.4 Å². The van der Waals surface area contributed by atoms with Gasteiger partial charge in [0.15, 0.2) is 5.60 Å². The van der Waals surface area contributed by atoms with Gasteiger partial charge in [-0.3, -0.25) is 9.36 Å². The molecule has 0 radical (unpaired) electrons. The lowest BCUT2D eigenvalue weighted by atomic mass is 10.0. The van der Waals surface area contributed by atoms with Gasteiger partial charge in [0, 0.05) is 13.5 Å². The zero-order valence-electron chi connectivity index (χ0n) is 13.6. The van der Waals surface area contributed by atoms with Gasteiger partial charge in [-0.1, -0.05) is 29.8 Å². The lowest BCUT2D eigenvalue weighted by Crippen LogP contribution is -2.29. The Morgan fingerprint density at radius 2 is 2.20 bits per heavy atom. The summed E-state index contributed by atoms with van der Waals surface area (Å²) in [6, 6.07) is 9.16. The van der Waals surface area contributed by atoms with Gasteiger partial charge < -0.3 is 13.9 Å². The Morgan fingerprint density at radius 1 is 1.36 bits per heavy atom. The molecule has 0 N–H and O–H groups in total. The molecule has 1 unspecified atom stereocenters. The van der Waals surface area contributed by atoms with Crippen molar-refractivity contribution in [1.29, 1.82) is 0 Å². The average molecular weight is 362 g/mol. The first-order chi connectivity index (χ1) is 12.1. The smallest absolute Gasteiger partial charge is 0.270 e. The van der Waals surface area contributed by atoms with Crippen LogP contribution in [0.15, 0.2) is 39.5 Å². The first-order valence-corrected chi connectivity index (χ1v) is 8.25. The van der Waals surface area contributed by atoms with Crippen LogP contribution in [-0.4, -0.2) is 35.1 Å². The summed E-state index contributed by atoms with van der Waals surface area (Å²) in [6.07, 6.45) is 0.644. The normalized spacial score (nSPS) is 20.4. The molecule has 3 aromatic rings. The minimum Gasteiger partial charge on any atom is -0.420 e. The number of rotatable bonds is 4. The Bertz CT molecular complexity index is 975. The molecule has 0 bridgehead atoms. The largest absolute Gasteiger partial charge is 0.420 e. The van der Waals surface area contributed by atoms with Crippen LogP contribution >= 0.6 is 11.6 Å². The lowest BCUT2D eigenvalue weighted by Gasteiger charge is -2.20. The number of fused-ring (bicyclic) bond motifs is 1. The molecule has 7 nitrogen and oxygen atoms in total. The number of para-hydroxylation sites is 1. The maximum Gasteiger partial charge on any atom is 0.270 e. The maximum atomic E-state index is 12.5. The Balaban J connectivity index is 1.73. The summed E-state index contributed by atoms with van der Waals surface area (Å²) in [4.78, 5) is 12.5. The number of hydrogen-bond donors (Lipinski definition) is 0. The molecule has 1 aliphatic heterocycles. The fourth-order valence-electron chi connectivity index (χ4n) is 3.05. The molecule has 1 saturated heterocycles. The van der Waals surface area contributed by atoms with Crippen LogP contribution in [-0.2, 0) is 21.6 Å². The Kier molecular flexibility index (Phi) is 4.07. The van der Waals surface area contributed by atoms with E-state index in [1.165, 1.54) is 4.57 Å². The number of benzene rings is 1. The second-order valence-electron chi connectivity index (χ2n) is 5.94. The molecule has 2 aromatic heterocycles. The number of methoxy groups -OCH3 is 1. The molecule has 3 heterocycles. The minimum absolute atomic E-state index is 0.132. The highest BCUT2D eigenvalue weighted by molar-refractivity contribution is 6.31. The molecule has 4 rings (SSSR count). The highest BCUT2D eigenvalue weighted by atomic mass is 35.5. The molecule has 0 amide bonds. The fraction of sp³-hybridized carbons (Fsp3) is 0.353. The van der Waals surface area contributed by atoms with Gasteiger partial charge in [-0.2, -0.15) is 0 Å². The number of aromatic nitrogens is 3. The second kappa shape index (κ2) is 6.25. The summed E-state index contributed by atoms with van der Waals surface area (Å²) in [6.45, 7) is 1.07. The molecule has 0 spiro atoms. The van der Waals surface area contributed by atoms with E-state index in [1.54, 1.807) is 13.2 Å². The maximum absolute atomic E-state index is 12.5. The first kappa shape index (κ1) is 16.3. The molecule has 1 fully saturated rings. The highest BCUT2D eigenvalue weighted by Crippen LogP contribution is 2.33. The average Bonchev–Trinajstić information content (AvgIpc) is 3.29. The first-order valence-electron chi connectivity index (χ1n) is 7.87. The Hall–Kier alpha value is -2.22. The molecule has 8 heteroatoms. The third-order valence-electron chi connectivity index (χ3n) is 4.49. The predicted molar refractivity (Wildman–Crippen MR) is 90.7 cm³/mol. The van der Waals surface area contributed by atoms with Crippen LogP contribution in [0.25, 0.3) is 10.9 Å². The quantitative estimate of drug-likeness (QED) is 0.709. The zero-order chi connectivity index (χ0) is 17.4. The lowest BCUT2D eigenvalue weighted by molar-refractivity contribution is -0.0417. The molecule has 25 heavy (non-hydrogen) atoms. The number of ether oxygens (including phenoxy) is 2. The van der Waals surface area contributed by atoms with Crippen molar-refractivity contribution in [1.82, 2.24) is 14.8 Å². The van der Waals surface area contributed by atoms with Crippen LogP contribution in [0.3, 0.4) is 0 Å². The minimum atomic E-state index is -0.716. The van der Waals surface area contributed by atoms with Crippen molar-refractivity contribution in [2.24, 2.45) is 0 Å². The fourth-order valence-corrected chi connectivity index (χ4v) is 3.27. The predicted octanol–water partition coefficient (Wildman–Crippen LogP) is 2.35. The third kappa shape index (κ3) is 2.74. The Labute approximate surface area is 148 Å². The van der Waals surface area contributed by atoms with E-state index in [0.717, 1.165) is 10.9 Å². The van der Waals surface area contributed by atoms with Gasteiger partial charge in [-0.25, -0.2) is 0 Å². The molecule has 130 valence electrons. The van der Waals surface area contributed by atoms with Crippen LogP contribution < -0.4 is 5.56 Å². The van der Waals surface area contributed by atoms with Crippen molar-refractivity contribution in [2.45, 2.75) is 18.6 Å². The summed E-state index contributed by atoms with van der Waals surface area (Å²) in [5.41, 5.74) is -0.264. The number of pyridine rings is 1. The highest BCUT2D eigenvalue weighted by Gasteiger charge is 2.42. The van der Waals surface area contributed by atoms with E-state index in [-0.39, 0.29) is 17.1 Å². The van der Waals surface area contributed by atoms with E-state index in [2.05, 4.69) is 10.2 Å². The van der Waals surface area contributed by atoms with E-state index in [9.17, 15) is 4.79 Å². The SMILES string of the molecule is COC1(c2nnc(Cn3c(=O)c(Cl)cc4ccccc43)o2)CCOC1. The van der Waals surface area contributed by atoms with Gasteiger partial charge in [0.1, 0.15) is 11.6 Å². The summed E-state index contributed by atoms with van der Waals surface area (Å²) in [5, 5.41) is 9.19. The van der Waals surface area contributed by atoms with Gasteiger partial charge in [0.05, 0.1) is 18.7 Å². The van der Waals surface area contributed by atoms with Crippen LogP contribution in [0.2, 0.25) is 5.02 Å². The molecule has 1 aromatic carbocycles. The van der Waals surface area contributed by atoms with E-state index in [4.69, 9.17) is 25.5 Å². The third-order valence-corrected chi connectivity index (χ3v) is 4.76. The number of nitrogens with zero attached hydrogens (tertiary/aromatic N) is 3. The topological polar surface area (TPSA) is 79.4 Å². The molecule has 0 aliphatic carbocycles.